The second kappa shape index (κ2) is 9.19. The van der Waals surface area contributed by atoms with E-state index in [1.807, 2.05) is 31.3 Å². The van der Waals surface area contributed by atoms with Crippen molar-refractivity contribution in [1.82, 2.24) is 19.7 Å². The number of allylic oxidation sites excluding steroid dienone is 1. The van der Waals surface area contributed by atoms with E-state index in [9.17, 15) is 8.42 Å². The van der Waals surface area contributed by atoms with Crippen LogP contribution in [-0.2, 0) is 9.84 Å². The maximum atomic E-state index is 11.8. The molecule has 10 heteroatoms. The van der Waals surface area contributed by atoms with Crippen LogP contribution < -0.4 is 9.47 Å². The third-order valence-electron chi connectivity index (χ3n) is 6.18. The highest BCUT2D eigenvalue weighted by Gasteiger charge is 2.24. The van der Waals surface area contributed by atoms with Gasteiger partial charge in [0, 0.05) is 41.6 Å². The van der Waals surface area contributed by atoms with Gasteiger partial charge in [-0.15, -0.1) is 0 Å². The van der Waals surface area contributed by atoms with Crippen LogP contribution in [0, 0.1) is 0 Å². The highest BCUT2D eigenvalue weighted by atomic mass is 32.2. The van der Waals surface area contributed by atoms with Crippen LogP contribution in [0.2, 0.25) is 0 Å². The van der Waals surface area contributed by atoms with Crippen molar-refractivity contribution in [3.05, 3.63) is 66.6 Å². The van der Waals surface area contributed by atoms with E-state index in [-0.39, 0.29) is 16.9 Å². The average Bonchev–Trinajstić information content (AvgIpc) is 3.37. The molecule has 0 saturated heterocycles. The van der Waals surface area contributed by atoms with Gasteiger partial charge in [0.25, 0.3) is 5.95 Å². The van der Waals surface area contributed by atoms with Gasteiger partial charge in [0.15, 0.2) is 21.3 Å². The summed E-state index contributed by atoms with van der Waals surface area (Å²) in [4.78, 5) is 14.5. The number of benzene rings is 2. The first kappa shape index (κ1) is 23.7. The Bertz CT molecular complexity index is 1610. The molecular formula is C26H25N5O4S. The molecule has 0 amide bonds. The summed E-state index contributed by atoms with van der Waals surface area (Å²) in [7, 11) is -0.0842. The number of aliphatic imine (C=N–C) groups is 1. The topological polar surface area (TPSA) is 109 Å². The maximum absolute atomic E-state index is 11.8. The fourth-order valence-corrected chi connectivity index (χ4v) is 4.86. The molecule has 0 bridgehead atoms. The Morgan fingerprint density at radius 1 is 0.972 bits per heavy atom. The van der Waals surface area contributed by atoms with E-state index in [1.165, 1.54) is 6.26 Å². The van der Waals surface area contributed by atoms with Crippen molar-refractivity contribution in [2.45, 2.75) is 23.8 Å². The summed E-state index contributed by atoms with van der Waals surface area (Å²) in [5.74, 6) is 1.50. The van der Waals surface area contributed by atoms with E-state index < -0.39 is 9.84 Å². The minimum atomic E-state index is -3.27. The van der Waals surface area contributed by atoms with Gasteiger partial charge in [-0.25, -0.2) is 23.1 Å². The smallest absolute Gasteiger partial charge is 0.251 e. The van der Waals surface area contributed by atoms with Crippen LogP contribution in [0.3, 0.4) is 0 Å². The second-order valence-electron chi connectivity index (χ2n) is 8.55. The zero-order chi connectivity index (χ0) is 25.4. The van der Waals surface area contributed by atoms with Crippen LogP contribution in [0.1, 0.15) is 18.5 Å². The van der Waals surface area contributed by atoms with E-state index in [4.69, 9.17) is 19.4 Å². The van der Waals surface area contributed by atoms with Gasteiger partial charge in [-0.1, -0.05) is 18.2 Å². The van der Waals surface area contributed by atoms with Gasteiger partial charge in [0.05, 0.1) is 42.6 Å². The molecule has 1 aliphatic heterocycles. The Hall–Kier alpha value is -4.05. The number of methoxy groups -OCH3 is 2. The lowest BCUT2D eigenvalue weighted by Gasteiger charge is -2.22. The molecule has 2 aromatic heterocycles. The van der Waals surface area contributed by atoms with Gasteiger partial charge in [0.2, 0.25) is 0 Å². The van der Waals surface area contributed by atoms with E-state index in [0.29, 0.717) is 23.0 Å². The zero-order valence-electron chi connectivity index (χ0n) is 20.3. The largest absolute Gasteiger partial charge is 0.493 e. The van der Waals surface area contributed by atoms with Crippen molar-refractivity contribution in [2.24, 2.45) is 4.99 Å². The van der Waals surface area contributed by atoms with E-state index in [0.717, 1.165) is 22.2 Å². The SMILES string of the molecule is COc1cc2nc(-n3cc(-c4ccc(S(C)(=O)=O)cc4)cn3)nc(C3C=CC=NC3C)c2cc1OC. The highest BCUT2D eigenvalue weighted by Crippen LogP contribution is 2.37. The van der Waals surface area contributed by atoms with Crippen molar-refractivity contribution in [3.63, 3.8) is 0 Å². The molecule has 4 aromatic rings. The number of sulfone groups is 1. The lowest BCUT2D eigenvalue weighted by Crippen LogP contribution is -2.17. The molecule has 2 aromatic carbocycles. The molecule has 2 atom stereocenters. The number of hydrogen-bond acceptors (Lipinski definition) is 8. The zero-order valence-corrected chi connectivity index (χ0v) is 21.1. The molecule has 0 N–H and O–H groups in total. The van der Waals surface area contributed by atoms with Crippen LogP contribution in [0.5, 0.6) is 11.5 Å². The van der Waals surface area contributed by atoms with E-state index in [2.05, 4.69) is 16.2 Å². The quantitative estimate of drug-likeness (QED) is 0.391. The predicted octanol–water partition coefficient (Wildman–Crippen LogP) is 4.02. The van der Waals surface area contributed by atoms with Crippen LogP contribution >= 0.6 is 0 Å². The monoisotopic (exact) mass is 503 g/mol. The number of dihydropyridines is 1. The van der Waals surface area contributed by atoms with Crippen molar-refractivity contribution in [1.29, 1.82) is 0 Å². The standard InChI is InChI=1S/C26H25N5O4S/c1-16-20(6-5-11-27-16)25-21-12-23(34-2)24(35-3)13-22(21)29-26(30-25)31-15-18(14-28-31)17-7-9-19(10-8-17)36(4,32)33/h5-16,20H,1-4H3. The summed E-state index contributed by atoms with van der Waals surface area (Å²) in [6.45, 7) is 2.05. The fourth-order valence-electron chi connectivity index (χ4n) is 4.23. The molecule has 1 aliphatic rings. The molecule has 0 fully saturated rings. The molecule has 5 rings (SSSR count). The van der Waals surface area contributed by atoms with Gasteiger partial charge in [0.1, 0.15) is 0 Å². The van der Waals surface area contributed by atoms with Crippen molar-refractivity contribution < 1.29 is 17.9 Å². The molecule has 36 heavy (non-hydrogen) atoms. The first-order valence-electron chi connectivity index (χ1n) is 11.3. The normalized spacial score (nSPS) is 17.4. The number of hydrogen-bond donors (Lipinski definition) is 0. The third kappa shape index (κ3) is 4.35. The maximum Gasteiger partial charge on any atom is 0.251 e. The number of rotatable bonds is 6. The lowest BCUT2D eigenvalue weighted by atomic mass is 9.92. The average molecular weight is 504 g/mol. The second-order valence-corrected chi connectivity index (χ2v) is 10.6. The Morgan fingerprint density at radius 3 is 2.36 bits per heavy atom. The summed E-state index contributed by atoms with van der Waals surface area (Å²) in [6, 6.07) is 10.4. The summed E-state index contributed by atoms with van der Waals surface area (Å²) < 4.78 is 36.2. The van der Waals surface area contributed by atoms with Gasteiger partial charge < -0.3 is 9.47 Å². The fraction of sp³-hybridized carbons (Fsp3) is 0.231. The third-order valence-corrected chi connectivity index (χ3v) is 7.31. The highest BCUT2D eigenvalue weighted by molar-refractivity contribution is 7.90. The predicted molar refractivity (Wildman–Crippen MR) is 138 cm³/mol. The molecule has 0 aliphatic carbocycles. The Morgan fingerprint density at radius 2 is 1.69 bits per heavy atom. The van der Waals surface area contributed by atoms with E-state index >= 15 is 0 Å². The summed E-state index contributed by atoms with van der Waals surface area (Å²) in [5.41, 5.74) is 3.14. The molecule has 9 nitrogen and oxygen atoms in total. The molecular weight excluding hydrogens is 478 g/mol. The number of nitrogens with zero attached hydrogens (tertiary/aromatic N) is 5. The van der Waals surface area contributed by atoms with Crippen molar-refractivity contribution in [3.8, 4) is 28.6 Å². The van der Waals surface area contributed by atoms with Crippen LogP contribution in [0.4, 0.5) is 0 Å². The molecule has 0 radical (unpaired) electrons. The number of ether oxygens (including phenoxy) is 2. The summed E-state index contributed by atoms with van der Waals surface area (Å²) in [5, 5.41) is 5.34. The Balaban J connectivity index is 1.63. The lowest BCUT2D eigenvalue weighted by molar-refractivity contribution is 0.355. The number of fused-ring (bicyclic) bond motifs is 1. The van der Waals surface area contributed by atoms with Gasteiger partial charge in [-0.05, 0) is 36.8 Å². The molecule has 2 unspecified atom stereocenters. The summed E-state index contributed by atoms with van der Waals surface area (Å²) >= 11 is 0. The van der Waals surface area contributed by atoms with Gasteiger partial charge in [-0.2, -0.15) is 5.10 Å². The van der Waals surface area contributed by atoms with Gasteiger partial charge in [-0.3, -0.25) is 4.99 Å². The van der Waals surface area contributed by atoms with Crippen LogP contribution in [0.15, 0.2) is 70.8 Å². The van der Waals surface area contributed by atoms with Gasteiger partial charge >= 0.3 is 0 Å². The van der Waals surface area contributed by atoms with Crippen molar-refractivity contribution >= 4 is 27.0 Å². The Kier molecular flexibility index (Phi) is 6.05. The molecule has 184 valence electrons. The summed E-state index contributed by atoms with van der Waals surface area (Å²) in [6.07, 6.45) is 10.5. The van der Waals surface area contributed by atoms with Crippen molar-refractivity contribution in [2.75, 3.05) is 20.5 Å². The minimum Gasteiger partial charge on any atom is -0.493 e. The Labute approximate surface area is 209 Å². The van der Waals surface area contributed by atoms with E-state index in [1.54, 1.807) is 55.6 Å². The van der Waals surface area contributed by atoms with Crippen LogP contribution in [-0.4, -0.2) is 60.9 Å². The molecule has 0 spiro atoms. The first-order valence-corrected chi connectivity index (χ1v) is 13.2. The molecule has 0 saturated carbocycles. The first-order chi connectivity index (χ1) is 17.3. The number of aromatic nitrogens is 4. The molecule has 3 heterocycles. The minimum absolute atomic E-state index is 0.00409. The van der Waals surface area contributed by atoms with Crippen LogP contribution in [0.25, 0.3) is 28.0 Å².